The van der Waals surface area contributed by atoms with Crippen LogP contribution in [0.1, 0.15) is 5.56 Å². The summed E-state index contributed by atoms with van der Waals surface area (Å²) in [4.78, 5) is 0. The summed E-state index contributed by atoms with van der Waals surface area (Å²) in [5.74, 6) is 1.38. The number of aliphatic hydroxyl groups excluding tert-OH is 1. The van der Waals surface area contributed by atoms with Crippen LogP contribution in [0, 0.1) is 0 Å². The largest absolute Gasteiger partial charge is 0.493 e. The van der Waals surface area contributed by atoms with Gasteiger partial charge in [0.05, 0.1) is 20.8 Å². The molecule has 0 spiro atoms. The van der Waals surface area contributed by atoms with E-state index in [0.717, 1.165) is 16.3 Å². The predicted octanol–water partition coefficient (Wildman–Crippen LogP) is 3.19. The SMILES string of the molecule is COc1cc2cccc(CO)c2cc1OC.Cl.Cl. The number of hydrogen-bond acceptors (Lipinski definition) is 3. The summed E-state index contributed by atoms with van der Waals surface area (Å²) in [5, 5.41) is 11.3. The highest BCUT2D eigenvalue weighted by Gasteiger charge is 2.07. The van der Waals surface area contributed by atoms with Gasteiger partial charge in [0.15, 0.2) is 11.5 Å². The number of ether oxygens (including phenoxy) is 2. The first kappa shape index (κ1) is 16.8. The second-order valence-electron chi connectivity index (χ2n) is 3.50. The van der Waals surface area contributed by atoms with Crippen molar-refractivity contribution in [3.05, 3.63) is 35.9 Å². The van der Waals surface area contributed by atoms with Crippen LogP contribution in [0.15, 0.2) is 30.3 Å². The highest BCUT2D eigenvalue weighted by atomic mass is 35.5. The van der Waals surface area contributed by atoms with Gasteiger partial charge in [-0.2, -0.15) is 0 Å². The highest BCUT2D eigenvalue weighted by Crippen LogP contribution is 2.33. The monoisotopic (exact) mass is 290 g/mol. The second kappa shape index (κ2) is 7.31. The van der Waals surface area contributed by atoms with Crippen LogP contribution < -0.4 is 9.47 Å². The van der Waals surface area contributed by atoms with Gasteiger partial charge in [-0.1, -0.05) is 18.2 Å². The van der Waals surface area contributed by atoms with Crippen LogP contribution in [0.25, 0.3) is 10.8 Å². The molecule has 0 aliphatic rings. The zero-order valence-electron chi connectivity index (χ0n) is 10.2. The minimum atomic E-state index is 0. The maximum Gasteiger partial charge on any atom is 0.161 e. The third-order valence-corrected chi connectivity index (χ3v) is 2.65. The Labute approximate surface area is 119 Å². The molecule has 0 bridgehead atoms. The third kappa shape index (κ3) is 2.99. The van der Waals surface area contributed by atoms with Gasteiger partial charge in [0, 0.05) is 0 Å². The number of rotatable bonds is 3. The van der Waals surface area contributed by atoms with Crippen molar-refractivity contribution in [3.8, 4) is 11.5 Å². The maximum absolute atomic E-state index is 9.25. The van der Waals surface area contributed by atoms with Crippen molar-refractivity contribution in [2.75, 3.05) is 14.2 Å². The lowest BCUT2D eigenvalue weighted by atomic mass is 10.0. The molecule has 0 fully saturated rings. The quantitative estimate of drug-likeness (QED) is 0.944. The van der Waals surface area contributed by atoms with E-state index >= 15 is 0 Å². The lowest BCUT2D eigenvalue weighted by Crippen LogP contribution is -1.92. The van der Waals surface area contributed by atoms with Crippen molar-refractivity contribution in [1.82, 2.24) is 0 Å². The number of benzene rings is 2. The van der Waals surface area contributed by atoms with Crippen molar-refractivity contribution < 1.29 is 14.6 Å². The average molecular weight is 291 g/mol. The van der Waals surface area contributed by atoms with Gasteiger partial charge in [-0.05, 0) is 28.5 Å². The second-order valence-corrected chi connectivity index (χ2v) is 3.50. The van der Waals surface area contributed by atoms with E-state index in [4.69, 9.17) is 9.47 Å². The summed E-state index contributed by atoms with van der Waals surface area (Å²) in [6.45, 7) is 0.0207. The molecule has 100 valence electrons. The molecule has 0 aliphatic carbocycles. The van der Waals surface area contributed by atoms with Crippen LogP contribution in [-0.4, -0.2) is 19.3 Å². The highest BCUT2D eigenvalue weighted by molar-refractivity contribution is 5.89. The fourth-order valence-electron chi connectivity index (χ4n) is 1.81. The fourth-order valence-corrected chi connectivity index (χ4v) is 1.81. The molecule has 0 saturated heterocycles. The lowest BCUT2D eigenvalue weighted by Gasteiger charge is -2.10. The van der Waals surface area contributed by atoms with Gasteiger partial charge in [0.2, 0.25) is 0 Å². The zero-order chi connectivity index (χ0) is 11.5. The molecular weight excluding hydrogens is 275 g/mol. The minimum Gasteiger partial charge on any atom is -0.493 e. The fraction of sp³-hybridized carbons (Fsp3) is 0.231. The van der Waals surface area contributed by atoms with Gasteiger partial charge in [0.25, 0.3) is 0 Å². The summed E-state index contributed by atoms with van der Waals surface area (Å²) >= 11 is 0. The van der Waals surface area contributed by atoms with E-state index in [-0.39, 0.29) is 31.4 Å². The van der Waals surface area contributed by atoms with E-state index in [0.29, 0.717) is 11.5 Å². The van der Waals surface area contributed by atoms with Crippen LogP contribution >= 0.6 is 24.8 Å². The molecule has 2 aromatic rings. The number of fused-ring (bicyclic) bond motifs is 1. The summed E-state index contributed by atoms with van der Waals surface area (Å²) in [6.07, 6.45) is 0. The van der Waals surface area contributed by atoms with E-state index in [1.54, 1.807) is 14.2 Å². The van der Waals surface area contributed by atoms with Gasteiger partial charge in [0.1, 0.15) is 0 Å². The van der Waals surface area contributed by atoms with Crippen LogP contribution in [-0.2, 0) is 6.61 Å². The molecular formula is C13H16Cl2O3. The number of halogens is 2. The third-order valence-electron chi connectivity index (χ3n) is 2.65. The van der Waals surface area contributed by atoms with E-state index in [9.17, 15) is 5.11 Å². The summed E-state index contributed by atoms with van der Waals surface area (Å²) in [6, 6.07) is 9.59. The van der Waals surface area contributed by atoms with Crippen molar-refractivity contribution >= 4 is 35.6 Å². The van der Waals surface area contributed by atoms with E-state index in [1.807, 2.05) is 30.3 Å². The Bertz CT molecular complexity index is 515. The molecule has 0 heterocycles. The maximum atomic E-state index is 9.25. The molecule has 18 heavy (non-hydrogen) atoms. The van der Waals surface area contributed by atoms with E-state index < -0.39 is 0 Å². The Balaban J connectivity index is 0.00000144. The Morgan fingerprint density at radius 3 is 2.17 bits per heavy atom. The normalized spacial score (nSPS) is 9.28. The van der Waals surface area contributed by atoms with Crippen molar-refractivity contribution in [2.45, 2.75) is 6.61 Å². The summed E-state index contributed by atoms with van der Waals surface area (Å²) in [7, 11) is 3.21. The Morgan fingerprint density at radius 2 is 1.61 bits per heavy atom. The lowest BCUT2D eigenvalue weighted by molar-refractivity contribution is 0.283. The molecule has 0 amide bonds. The first-order valence-electron chi connectivity index (χ1n) is 5.04. The average Bonchev–Trinajstić information content (AvgIpc) is 2.36. The van der Waals surface area contributed by atoms with Crippen molar-refractivity contribution in [1.29, 1.82) is 0 Å². The molecule has 0 saturated carbocycles. The zero-order valence-corrected chi connectivity index (χ0v) is 11.8. The molecule has 0 unspecified atom stereocenters. The molecule has 5 heteroatoms. The first-order valence-corrected chi connectivity index (χ1v) is 5.04. The minimum absolute atomic E-state index is 0. The van der Waals surface area contributed by atoms with Gasteiger partial charge in [-0.3, -0.25) is 0 Å². The molecule has 0 aromatic heterocycles. The topological polar surface area (TPSA) is 38.7 Å². The van der Waals surface area contributed by atoms with Gasteiger partial charge >= 0.3 is 0 Å². The Kier molecular flexibility index (Phi) is 6.84. The Morgan fingerprint density at radius 1 is 1.00 bits per heavy atom. The van der Waals surface area contributed by atoms with E-state index in [1.165, 1.54) is 0 Å². The van der Waals surface area contributed by atoms with Crippen LogP contribution in [0.3, 0.4) is 0 Å². The number of methoxy groups -OCH3 is 2. The molecule has 0 aliphatic heterocycles. The Hall–Kier alpha value is -1.16. The first-order chi connectivity index (χ1) is 7.80. The smallest absolute Gasteiger partial charge is 0.161 e. The summed E-state index contributed by atoms with van der Waals surface area (Å²) < 4.78 is 10.5. The van der Waals surface area contributed by atoms with Crippen LogP contribution in [0.5, 0.6) is 11.5 Å². The molecule has 3 nitrogen and oxygen atoms in total. The number of aliphatic hydroxyl groups is 1. The van der Waals surface area contributed by atoms with Crippen molar-refractivity contribution in [2.24, 2.45) is 0 Å². The summed E-state index contributed by atoms with van der Waals surface area (Å²) in [5.41, 5.74) is 0.887. The molecule has 0 atom stereocenters. The van der Waals surface area contributed by atoms with Crippen LogP contribution in [0.2, 0.25) is 0 Å². The van der Waals surface area contributed by atoms with Gasteiger partial charge in [-0.15, -0.1) is 24.8 Å². The molecule has 0 radical (unpaired) electrons. The molecule has 2 aromatic carbocycles. The molecule has 2 rings (SSSR count). The van der Waals surface area contributed by atoms with Gasteiger partial charge < -0.3 is 14.6 Å². The van der Waals surface area contributed by atoms with E-state index in [2.05, 4.69) is 0 Å². The van der Waals surface area contributed by atoms with Gasteiger partial charge in [-0.25, -0.2) is 0 Å². The van der Waals surface area contributed by atoms with Crippen LogP contribution in [0.4, 0.5) is 0 Å². The predicted molar refractivity (Wildman–Crippen MR) is 77.5 cm³/mol. The van der Waals surface area contributed by atoms with Crippen molar-refractivity contribution in [3.63, 3.8) is 0 Å². The standard InChI is InChI=1S/C13H14O3.2ClH/c1-15-12-6-9-4-3-5-10(8-14)11(9)7-13(12)16-2;;/h3-7,14H,8H2,1-2H3;2*1H. The molecule has 1 N–H and O–H groups in total. The number of hydrogen-bond donors (Lipinski definition) is 1.